The Bertz CT molecular complexity index is 1300. The number of halogens is 2. The number of benzene rings is 2. The number of anilines is 1. The van der Waals surface area contributed by atoms with E-state index in [0.29, 0.717) is 33.7 Å². The number of aromatic nitrogens is 3. The Morgan fingerprint density at radius 1 is 1.05 bits per heavy atom. The van der Waals surface area contributed by atoms with Crippen LogP contribution in [0, 0.1) is 5.92 Å². The first kappa shape index (κ1) is 28.5. The molecular formula is C25H27Cl2N5O4S. The van der Waals surface area contributed by atoms with Crippen LogP contribution in [0.15, 0.2) is 47.6 Å². The van der Waals surface area contributed by atoms with Gasteiger partial charge in [-0.25, -0.2) is 4.79 Å². The van der Waals surface area contributed by atoms with Crippen LogP contribution in [0.5, 0.6) is 0 Å². The van der Waals surface area contributed by atoms with Gasteiger partial charge in [0, 0.05) is 12.7 Å². The van der Waals surface area contributed by atoms with Gasteiger partial charge in [0.1, 0.15) is 0 Å². The van der Waals surface area contributed by atoms with Gasteiger partial charge in [-0.3, -0.25) is 9.59 Å². The molecule has 0 spiro atoms. The van der Waals surface area contributed by atoms with Gasteiger partial charge in [0.15, 0.2) is 11.0 Å². The van der Waals surface area contributed by atoms with Crippen molar-refractivity contribution in [3.63, 3.8) is 0 Å². The fourth-order valence-corrected chi connectivity index (χ4v) is 4.67. The summed E-state index contributed by atoms with van der Waals surface area (Å²) in [5, 5.41) is 15.4. The molecule has 3 rings (SSSR count). The van der Waals surface area contributed by atoms with E-state index in [1.165, 1.54) is 31.0 Å². The lowest BCUT2D eigenvalue weighted by Gasteiger charge is -2.20. The summed E-state index contributed by atoms with van der Waals surface area (Å²) in [5.74, 6) is -0.328. The number of nitrogens with one attached hydrogen (secondary N) is 2. The van der Waals surface area contributed by atoms with Crippen LogP contribution < -0.4 is 10.6 Å². The first-order chi connectivity index (χ1) is 17.6. The number of carbonyl (C=O) groups excluding carboxylic acids is 3. The average molecular weight is 564 g/mol. The summed E-state index contributed by atoms with van der Waals surface area (Å²) in [6, 6.07) is 11.0. The van der Waals surface area contributed by atoms with E-state index in [1.807, 2.05) is 13.8 Å². The number of methoxy groups -OCH3 is 1. The summed E-state index contributed by atoms with van der Waals surface area (Å²) in [6.07, 6.45) is 0.631. The lowest BCUT2D eigenvalue weighted by Crippen LogP contribution is -2.31. The molecule has 196 valence electrons. The second-order valence-electron chi connectivity index (χ2n) is 8.56. The van der Waals surface area contributed by atoms with Gasteiger partial charge in [0.2, 0.25) is 5.91 Å². The third-order valence-electron chi connectivity index (χ3n) is 5.30. The summed E-state index contributed by atoms with van der Waals surface area (Å²) < 4.78 is 6.46. The van der Waals surface area contributed by atoms with Crippen LogP contribution in [0.25, 0.3) is 0 Å². The Morgan fingerprint density at radius 2 is 1.76 bits per heavy atom. The number of nitrogens with zero attached hydrogens (tertiary/aromatic N) is 3. The number of hydrogen-bond acceptors (Lipinski definition) is 7. The van der Waals surface area contributed by atoms with E-state index in [0.717, 1.165) is 0 Å². The van der Waals surface area contributed by atoms with Crippen molar-refractivity contribution in [2.45, 2.75) is 31.5 Å². The Hall–Kier alpha value is -3.08. The zero-order valence-electron chi connectivity index (χ0n) is 20.7. The maximum atomic E-state index is 12.9. The van der Waals surface area contributed by atoms with E-state index in [4.69, 9.17) is 27.9 Å². The van der Waals surface area contributed by atoms with Gasteiger partial charge in [0.05, 0.1) is 40.1 Å². The van der Waals surface area contributed by atoms with Crippen molar-refractivity contribution in [2.75, 3.05) is 18.2 Å². The Labute approximate surface area is 229 Å². The predicted molar refractivity (Wildman–Crippen MR) is 144 cm³/mol. The molecule has 0 fully saturated rings. The molecule has 37 heavy (non-hydrogen) atoms. The fraction of sp³-hybridized carbons (Fsp3) is 0.320. The van der Waals surface area contributed by atoms with Crippen LogP contribution >= 0.6 is 35.0 Å². The maximum absolute atomic E-state index is 12.9. The monoisotopic (exact) mass is 563 g/mol. The first-order valence-corrected chi connectivity index (χ1v) is 13.1. The fourth-order valence-electron chi connectivity index (χ4n) is 3.53. The molecule has 1 aromatic heterocycles. The minimum absolute atomic E-state index is 0.0446. The van der Waals surface area contributed by atoms with Gasteiger partial charge in [-0.15, -0.1) is 10.2 Å². The molecule has 0 saturated carbocycles. The molecular weight excluding hydrogens is 537 g/mol. The third kappa shape index (κ3) is 7.47. The van der Waals surface area contributed by atoms with Crippen molar-refractivity contribution < 1.29 is 19.1 Å². The van der Waals surface area contributed by atoms with Crippen LogP contribution in [0.2, 0.25) is 10.0 Å². The van der Waals surface area contributed by atoms with Crippen LogP contribution in [-0.4, -0.2) is 45.4 Å². The summed E-state index contributed by atoms with van der Waals surface area (Å²) in [5.41, 5.74) is 0.944. The molecule has 0 aliphatic rings. The molecule has 0 saturated heterocycles. The van der Waals surface area contributed by atoms with Gasteiger partial charge in [-0.1, -0.05) is 60.9 Å². The molecule has 0 unspecified atom stereocenters. The van der Waals surface area contributed by atoms with Crippen molar-refractivity contribution in [1.29, 1.82) is 0 Å². The number of amides is 2. The minimum Gasteiger partial charge on any atom is -0.465 e. The molecule has 3 aromatic rings. The number of ether oxygens (including phenoxy) is 1. The molecule has 0 aliphatic carbocycles. The highest BCUT2D eigenvalue weighted by Gasteiger charge is 2.24. The standard InChI is InChI=1S/C25H27Cl2N5O4S/c1-14(2)11-20(29-23(34)16-7-5-6-8-18(16)26)22-30-31-25(32(22)3)37-13-21(33)28-15-9-10-19(27)17(12-15)24(35)36-4/h5-10,12,14,20H,11,13H2,1-4H3,(H,28,33)(H,29,34)/t20-/m1/s1. The number of hydrogen-bond donors (Lipinski definition) is 2. The van der Waals surface area contributed by atoms with E-state index in [2.05, 4.69) is 20.8 Å². The molecule has 2 aromatic carbocycles. The van der Waals surface area contributed by atoms with Crippen molar-refractivity contribution in [3.05, 3.63) is 69.5 Å². The molecule has 1 heterocycles. The van der Waals surface area contributed by atoms with E-state index >= 15 is 0 Å². The number of carbonyl (C=O) groups is 3. The number of thioether (sulfide) groups is 1. The summed E-state index contributed by atoms with van der Waals surface area (Å²) >= 11 is 13.4. The molecule has 2 N–H and O–H groups in total. The van der Waals surface area contributed by atoms with Gasteiger partial charge in [-0.2, -0.15) is 0 Å². The maximum Gasteiger partial charge on any atom is 0.339 e. The van der Waals surface area contributed by atoms with Crippen molar-refractivity contribution >= 4 is 58.4 Å². The lowest BCUT2D eigenvalue weighted by atomic mass is 10.0. The predicted octanol–water partition coefficient (Wildman–Crippen LogP) is 5.16. The highest BCUT2D eigenvalue weighted by atomic mass is 35.5. The van der Waals surface area contributed by atoms with Gasteiger partial charge >= 0.3 is 5.97 Å². The van der Waals surface area contributed by atoms with Gasteiger partial charge in [-0.05, 0) is 42.7 Å². The molecule has 9 nitrogen and oxygen atoms in total. The van der Waals surface area contributed by atoms with Crippen LogP contribution in [0.1, 0.15) is 52.9 Å². The zero-order valence-corrected chi connectivity index (χ0v) is 23.1. The van der Waals surface area contributed by atoms with Crippen LogP contribution in [0.3, 0.4) is 0 Å². The average Bonchev–Trinajstić information content (AvgIpc) is 3.23. The highest BCUT2D eigenvalue weighted by molar-refractivity contribution is 7.99. The van der Waals surface area contributed by atoms with E-state index in [1.54, 1.807) is 41.9 Å². The van der Waals surface area contributed by atoms with E-state index < -0.39 is 12.0 Å². The number of esters is 1. The summed E-state index contributed by atoms with van der Waals surface area (Å²) in [7, 11) is 3.04. The van der Waals surface area contributed by atoms with Crippen molar-refractivity contribution in [2.24, 2.45) is 13.0 Å². The Kier molecular flexibility index (Phi) is 9.96. The topological polar surface area (TPSA) is 115 Å². The van der Waals surface area contributed by atoms with Crippen LogP contribution in [-0.2, 0) is 16.6 Å². The Morgan fingerprint density at radius 3 is 2.43 bits per heavy atom. The summed E-state index contributed by atoms with van der Waals surface area (Å²) in [4.78, 5) is 37.3. The normalized spacial score (nSPS) is 11.8. The molecule has 1 atom stereocenters. The zero-order chi connectivity index (χ0) is 27.1. The SMILES string of the molecule is COC(=O)c1cc(NC(=O)CSc2nnc([C@@H](CC(C)C)NC(=O)c3ccccc3Cl)n2C)ccc1Cl. The second kappa shape index (κ2) is 12.9. The number of rotatable bonds is 10. The largest absolute Gasteiger partial charge is 0.465 e. The first-order valence-electron chi connectivity index (χ1n) is 11.4. The van der Waals surface area contributed by atoms with Crippen LogP contribution in [0.4, 0.5) is 5.69 Å². The molecule has 2 amide bonds. The molecule has 0 radical (unpaired) electrons. The smallest absolute Gasteiger partial charge is 0.339 e. The minimum atomic E-state index is -0.598. The Balaban J connectivity index is 1.69. The third-order valence-corrected chi connectivity index (χ3v) is 6.98. The van der Waals surface area contributed by atoms with Crippen molar-refractivity contribution in [1.82, 2.24) is 20.1 Å². The highest BCUT2D eigenvalue weighted by Crippen LogP contribution is 2.26. The van der Waals surface area contributed by atoms with E-state index in [9.17, 15) is 14.4 Å². The summed E-state index contributed by atoms with van der Waals surface area (Å²) in [6.45, 7) is 4.10. The van der Waals surface area contributed by atoms with Crippen molar-refractivity contribution in [3.8, 4) is 0 Å². The van der Waals surface area contributed by atoms with Gasteiger partial charge in [0.25, 0.3) is 5.91 Å². The van der Waals surface area contributed by atoms with Gasteiger partial charge < -0.3 is 19.9 Å². The van der Waals surface area contributed by atoms with E-state index in [-0.39, 0.29) is 34.1 Å². The second-order valence-corrected chi connectivity index (χ2v) is 10.3. The molecule has 0 bridgehead atoms. The quantitative estimate of drug-likeness (QED) is 0.258. The molecule has 0 aliphatic heterocycles. The lowest BCUT2D eigenvalue weighted by molar-refractivity contribution is -0.113. The molecule has 12 heteroatoms.